The minimum absolute atomic E-state index is 0.103. The third kappa shape index (κ3) is 4.05. The minimum Gasteiger partial charge on any atom is -0.326 e. The van der Waals surface area contributed by atoms with Crippen molar-refractivity contribution in [2.24, 2.45) is 0 Å². The first-order valence-electron chi connectivity index (χ1n) is 7.61. The molecular formula is C18H18FNO2S. The highest BCUT2D eigenvalue weighted by molar-refractivity contribution is 7.85. The summed E-state index contributed by atoms with van der Waals surface area (Å²) >= 11 is 0. The van der Waals surface area contributed by atoms with E-state index in [9.17, 15) is 13.4 Å². The summed E-state index contributed by atoms with van der Waals surface area (Å²) in [5, 5.41) is 2.79. The zero-order valence-electron chi connectivity index (χ0n) is 12.6. The van der Waals surface area contributed by atoms with Crippen LogP contribution in [0, 0.1) is 5.82 Å². The predicted octanol–water partition coefficient (Wildman–Crippen LogP) is 3.07. The van der Waals surface area contributed by atoms with E-state index in [0.29, 0.717) is 11.4 Å². The smallest absolute Gasteiger partial charge is 0.225 e. The summed E-state index contributed by atoms with van der Waals surface area (Å²) in [7, 11) is -1.02. The highest BCUT2D eigenvalue weighted by Gasteiger charge is 2.26. The van der Waals surface area contributed by atoms with E-state index >= 15 is 0 Å². The fraction of sp³-hybridized carbons (Fsp3) is 0.278. The average Bonchev–Trinajstić information content (AvgIpc) is 2.99. The number of amides is 1. The molecule has 2 aromatic carbocycles. The van der Waals surface area contributed by atoms with E-state index in [0.717, 1.165) is 12.8 Å². The highest BCUT2D eigenvalue weighted by atomic mass is 32.2. The third-order valence-electron chi connectivity index (χ3n) is 4.04. The summed E-state index contributed by atoms with van der Waals surface area (Å²) < 4.78 is 25.2. The number of anilines is 1. The van der Waals surface area contributed by atoms with Crippen LogP contribution >= 0.6 is 0 Å². The Hall–Kier alpha value is -2.01. The lowest BCUT2D eigenvalue weighted by Gasteiger charge is -2.09. The van der Waals surface area contributed by atoms with Gasteiger partial charge in [-0.3, -0.25) is 9.00 Å². The van der Waals surface area contributed by atoms with Gasteiger partial charge < -0.3 is 5.32 Å². The quantitative estimate of drug-likeness (QED) is 0.915. The molecule has 1 N–H and O–H groups in total. The van der Waals surface area contributed by atoms with Crippen molar-refractivity contribution in [1.82, 2.24) is 0 Å². The van der Waals surface area contributed by atoms with E-state index in [1.807, 2.05) is 12.1 Å². The summed E-state index contributed by atoms with van der Waals surface area (Å²) in [6, 6.07) is 13.8. The van der Waals surface area contributed by atoms with Crippen LogP contribution in [0.3, 0.4) is 0 Å². The van der Waals surface area contributed by atoms with Crippen molar-refractivity contribution in [1.29, 1.82) is 0 Å². The highest BCUT2D eigenvalue weighted by Crippen LogP contribution is 2.25. The minimum atomic E-state index is -1.02. The Morgan fingerprint density at radius 3 is 2.30 bits per heavy atom. The molecule has 120 valence electrons. The molecule has 0 heterocycles. The molecule has 0 saturated heterocycles. The average molecular weight is 331 g/mol. The number of carbonyl (C=O) groups excluding carboxylic acids is 1. The zero-order valence-corrected chi connectivity index (χ0v) is 13.4. The van der Waals surface area contributed by atoms with Crippen LogP contribution in [0.2, 0.25) is 0 Å². The number of nitrogens with one attached hydrogen (secondary N) is 1. The molecule has 5 heteroatoms. The van der Waals surface area contributed by atoms with Gasteiger partial charge in [-0.05, 0) is 48.2 Å². The van der Waals surface area contributed by atoms with Crippen molar-refractivity contribution in [2.75, 3.05) is 11.1 Å². The predicted molar refractivity (Wildman–Crippen MR) is 90.3 cm³/mol. The second-order valence-electron chi connectivity index (χ2n) is 5.69. The third-order valence-corrected chi connectivity index (χ3v) is 5.73. The van der Waals surface area contributed by atoms with Crippen LogP contribution in [0.5, 0.6) is 0 Å². The fourth-order valence-corrected chi connectivity index (χ4v) is 4.27. The molecule has 0 radical (unpaired) electrons. The second-order valence-corrected chi connectivity index (χ2v) is 7.53. The van der Waals surface area contributed by atoms with Gasteiger partial charge in [-0.1, -0.05) is 24.3 Å². The van der Waals surface area contributed by atoms with Crippen molar-refractivity contribution < 1.29 is 13.4 Å². The molecule has 1 atom stereocenters. The van der Waals surface area contributed by atoms with Gasteiger partial charge in [0.15, 0.2) is 0 Å². The van der Waals surface area contributed by atoms with Gasteiger partial charge in [0.2, 0.25) is 5.91 Å². The monoisotopic (exact) mass is 331 g/mol. The van der Waals surface area contributed by atoms with Gasteiger partial charge in [-0.2, -0.15) is 0 Å². The van der Waals surface area contributed by atoms with Gasteiger partial charge >= 0.3 is 0 Å². The molecule has 1 amide bonds. The van der Waals surface area contributed by atoms with E-state index in [-0.39, 0.29) is 23.4 Å². The largest absolute Gasteiger partial charge is 0.326 e. The molecule has 0 spiro atoms. The molecule has 0 aromatic heterocycles. The summed E-state index contributed by atoms with van der Waals surface area (Å²) in [5.74, 6) is -0.184. The van der Waals surface area contributed by atoms with Gasteiger partial charge in [-0.15, -0.1) is 0 Å². The van der Waals surface area contributed by atoms with Gasteiger partial charge in [0.05, 0.1) is 0 Å². The van der Waals surface area contributed by atoms with E-state index in [2.05, 4.69) is 17.4 Å². The van der Waals surface area contributed by atoms with E-state index in [4.69, 9.17) is 0 Å². The molecule has 0 bridgehead atoms. The standard InChI is InChI=1S/C18H18FNO2S/c19-15-5-7-16(8-6-15)20-18(21)9-10-23(22)17-11-13-3-1-2-4-14(13)12-17/h1-8,17H,9-12H2,(H,20,21). The molecule has 1 aliphatic carbocycles. The molecular weight excluding hydrogens is 313 g/mol. The van der Waals surface area contributed by atoms with Crippen LogP contribution in [0.15, 0.2) is 48.5 Å². The summed E-state index contributed by atoms with van der Waals surface area (Å²) in [5.41, 5.74) is 3.08. The van der Waals surface area contributed by atoms with Gasteiger partial charge in [-0.25, -0.2) is 4.39 Å². The molecule has 3 rings (SSSR count). The Kier molecular flexibility index (Phi) is 4.86. The number of carbonyl (C=O) groups is 1. The Labute approximate surface area is 137 Å². The van der Waals surface area contributed by atoms with Crippen LogP contribution in [-0.2, 0) is 28.4 Å². The van der Waals surface area contributed by atoms with Crippen LogP contribution < -0.4 is 5.32 Å². The normalized spacial score (nSPS) is 15.2. The van der Waals surface area contributed by atoms with E-state index in [1.54, 1.807) is 0 Å². The fourth-order valence-electron chi connectivity index (χ4n) is 2.82. The van der Waals surface area contributed by atoms with Crippen molar-refractivity contribution in [3.05, 3.63) is 65.5 Å². The first-order chi connectivity index (χ1) is 11.1. The van der Waals surface area contributed by atoms with Crippen molar-refractivity contribution in [3.63, 3.8) is 0 Å². The lowest BCUT2D eigenvalue weighted by molar-refractivity contribution is -0.115. The molecule has 1 unspecified atom stereocenters. The topological polar surface area (TPSA) is 46.2 Å². The van der Waals surface area contributed by atoms with Crippen molar-refractivity contribution in [3.8, 4) is 0 Å². The van der Waals surface area contributed by atoms with Crippen LogP contribution in [0.4, 0.5) is 10.1 Å². The van der Waals surface area contributed by atoms with Crippen molar-refractivity contribution in [2.45, 2.75) is 24.5 Å². The number of halogens is 1. The number of hydrogen-bond donors (Lipinski definition) is 1. The lowest BCUT2D eigenvalue weighted by atomic mass is 10.1. The lowest BCUT2D eigenvalue weighted by Crippen LogP contribution is -2.22. The molecule has 3 nitrogen and oxygen atoms in total. The number of benzene rings is 2. The zero-order chi connectivity index (χ0) is 16.2. The maximum Gasteiger partial charge on any atom is 0.225 e. The number of fused-ring (bicyclic) bond motifs is 1. The van der Waals surface area contributed by atoms with E-state index in [1.165, 1.54) is 35.4 Å². The van der Waals surface area contributed by atoms with Gasteiger partial charge in [0.25, 0.3) is 0 Å². The summed E-state index contributed by atoms with van der Waals surface area (Å²) in [6.45, 7) is 0. The van der Waals surface area contributed by atoms with Crippen LogP contribution in [-0.4, -0.2) is 21.1 Å². The summed E-state index contributed by atoms with van der Waals surface area (Å²) in [4.78, 5) is 11.9. The Morgan fingerprint density at radius 2 is 1.70 bits per heavy atom. The molecule has 2 aromatic rings. The molecule has 23 heavy (non-hydrogen) atoms. The molecule has 1 aliphatic rings. The van der Waals surface area contributed by atoms with Gasteiger partial charge in [0.1, 0.15) is 5.82 Å². The maximum atomic E-state index is 12.8. The Bertz CT molecular complexity index is 705. The van der Waals surface area contributed by atoms with Crippen LogP contribution in [0.1, 0.15) is 17.5 Å². The van der Waals surface area contributed by atoms with Gasteiger partial charge in [0, 0.05) is 33.9 Å². The molecule has 0 aliphatic heterocycles. The van der Waals surface area contributed by atoms with E-state index < -0.39 is 10.8 Å². The summed E-state index contributed by atoms with van der Waals surface area (Å²) in [6.07, 6.45) is 1.85. The molecule has 0 fully saturated rings. The first kappa shape index (κ1) is 15.9. The SMILES string of the molecule is O=C(CCS(=O)C1Cc2ccccc2C1)Nc1ccc(F)cc1. The number of rotatable bonds is 5. The van der Waals surface area contributed by atoms with Crippen LogP contribution in [0.25, 0.3) is 0 Å². The maximum absolute atomic E-state index is 12.8. The van der Waals surface area contributed by atoms with Crippen molar-refractivity contribution >= 4 is 22.4 Å². The number of hydrogen-bond acceptors (Lipinski definition) is 2. The Balaban J connectivity index is 1.48. The Morgan fingerprint density at radius 1 is 1.09 bits per heavy atom. The molecule has 0 saturated carbocycles. The second kappa shape index (κ2) is 7.04. The first-order valence-corrected chi connectivity index (χ1v) is 8.99.